The summed E-state index contributed by atoms with van der Waals surface area (Å²) in [7, 11) is 0. The number of aromatic nitrogens is 1. The summed E-state index contributed by atoms with van der Waals surface area (Å²) in [4.78, 5) is 10.4. The summed E-state index contributed by atoms with van der Waals surface area (Å²) in [5, 5.41) is 3.06. The van der Waals surface area contributed by atoms with Crippen LogP contribution in [0.2, 0.25) is 0 Å². The Morgan fingerprint density at radius 2 is 1.84 bits per heavy atom. The first kappa shape index (κ1) is 16.8. The first-order valence-corrected chi connectivity index (χ1v) is 10.7. The van der Waals surface area contributed by atoms with Crippen molar-refractivity contribution in [3.63, 3.8) is 0 Å². The average molecular weight is 430 g/mol. The van der Waals surface area contributed by atoms with Gasteiger partial charge in [-0.3, -0.25) is 9.56 Å². The summed E-state index contributed by atoms with van der Waals surface area (Å²) < 4.78 is 3.29. The third-order valence-electron chi connectivity index (χ3n) is 3.83. The second kappa shape index (κ2) is 7.72. The highest BCUT2D eigenvalue weighted by Gasteiger charge is 2.12. The van der Waals surface area contributed by atoms with E-state index in [-0.39, 0.29) is 0 Å². The largest absolute Gasteiger partial charge is 0.285 e. The van der Waals surface area contributed by atoms with Crippen LogP contribution < -0.4 is 4.80 Å². The highest BCUT2D eigenvalue weighted by atomic mass is 79.9. The lowest BCUT2D eigenvalue weighted by atomic mass is 10.1. The topological polar surface area (TPSA) is 29.6 Å². The molecule has 0 saturated heterocycles. The van der Waals surface area contributed by atoms with Crippen molar-refractivity contribution >= 4 is 44.2 Å². The zero-order chi connectivity index (χ0) is 17.1. The molecule has 0 saturated carbocycles. The van der Waals surface area contributed by atoms with Crippen LogP contribution in [0.1, 0.15) is 6.42 Å². The number of benzene rings is 2. The van der Waals surface area contributed by atoms with Gasteiger partial charge in [0.2, 0.25) is 0 Å². The fourth-order valence-electron chi connectivity index (χ4n) is 2.64. The summed E-state index contributed by atoms with van der Waals surface area (Å²) in [6, 6.07) is 18.8. The molecule has 3 nitrogen and oxygen atoms in total. The maximum Gasteiger partial charge on any atom is 0.197 e. The Bertz CT molecular complexity index is 956. The van der Waals surface area contributed by atoms with Crippen LogP contribution in [0.25, 0.3) is 16.9 Å². The number of hydrogen-bond donors (Lipinski definition) is 0. The van der Waals surface area contributed by atoms with E-state index in [0.717, 1.165) is 44.5 Å². The molecule has 0 radical (unpaired) electrons. The Labute approximate surface area is 163 Å². The Kier molecular flexibility index (Phi) is 5.20. The van der Waals surface area contributed by atoms with Crippen LogP contribution in [0.15, 0.2) is 74.4 Å². The van der Waals surface area contributed by atoms with Gasteiger partial charge in [-0.25, -0.2) is 0 Å². The molecule has 0 atom stereocenters. The monoisotopic (exact) mass is 429 g/mol. The van der Waals surface area contributed by atoms with E-state index in [1.165, 1.54) is 5.56 Å². The summed E-state index contributed by atoms with van der Waals surface area (Å²) in [6.07, 6.45) is 1.14. The zero-order valence-corrected chi connectivity index (χ0v) is 16.6. The van der Waals surface area contributed by atoms with Crippen molar-refractivity contribution in [3.05, 3.63) is 69.3 Å². The summed E-state index contributed by atoms with van der Waals surface area (Å²) in [6.45, 7) is 0.877. The molecular formula is C19H16BrN3S2. The minimum Gasteiger partial charge on any atom is -0.285 e. The smallest absolute Gasteiger partial charge is 0.197 e. The van der Waals surface area contributed by atoms with Crippen LogP contribution in [-0.4, -0.2) is 22.0 Å². The normalized spacial score (nSPS) is 15.2. The molecule has 0 fully saturated rings. The van der Waals surface area contributed by atoms with Gasteiger partial charge in [0.15, 0.2) is 9.97 Å². The summed E-state index contributed by atoms with van der Waals surface area (Å²) in [5.74, 6) is 1.10. The number of aliphatic imine (C=N–C) groups is 1. The van der Waals surface area contributed by atoms with Crippen molar-refractivity contribution in [2.75, 3.05) is 12.3 Å². The number of rotatable bonds is 2. The van der Waals surface area contributed by atoms with E-state index in [4.69, 9.17) is 4.99 Å². The van der Waals surface area contributed by atoms with Gasteiger partial charge in [-0.15, -0.1) is 11.3 Å². The van der Waals surface area contributed by atoms with Crippen molar-refractivity contribution in [3.8, 4) is 16.9 Å². The summed E-state index contributed by atoms with van der Waals surface area (Å²) >= 11 is 6.90. The van der Waals surface area contributed by atoms with Crippen molar-refractivity contribution in [1.29, 1.82) is 0 Å². The Balaban J connectivity index is 1.89. The van der Waals surface area contributed by atoms with Crippen molar-refractivity contribution in [2.45, 2.75) is 6.42 Å². The predicted molar refractivity (Wildman–Crippen MR) is 112 cm³/mol. The molecule has 126 valence electrons. The van der Waals surface area contributed by atoms with Gasteiger partial charge >= 0.3 is 0 Å². The van der Waals surface area contributed by atoms with E-state index >= 15 is 0 Å². The molecule has 1 aliphatic rings. The molecule has 3 aromatic rings. The van der Waals surface area contributed by atoms with Crippen LogP contribution in [0.3, 0.4) is 0 Å². The minimum absolute atomic E-state index is 0.877. The molecule has 0 aliphatic carbocycles. The number of halogens is 1. The molecule has 4 rings (SSSR count). The lowest BCUT2D eigenvalue weighted by Crippen LogP contribution is -2.16. The first-order valence-electron chi connectivity index (χ1n) is 8.05. The van der Waals surface area contributed by atoms with Gasteiger partial charge in [0, 0.05) is 27.8 Å². The molecule has 0 N–H and O–H groups in total. The van der Waals surface area contributed by atoms with E-state index in [0.29, 0.717) is 0 Å². The minimum atomic E-state index is 0.877. The Morgan fingerprint density at radius 1 is 1.04 bits per heavy atom. The highest BCUT2D eigenvalue weighted by molar-refractivity contribution is 9.10. The number of thiazole rings is 1. The van der Waals surface area contributed by atoms with Crippen LogP contribution in [0, 0.1) is 0 Å². The lowest BCUT2D eigenvalue weighted by molar-refractivity contribution is 0.932. The molecule has 0 bridgehead atoms. The molecule has 0 spiro atoms. The molecular weight excluding hydrogens is 414 g/mol. The first-order chi connectivity index (χ1) is 12.3. The van der Waals surface area contributed by atoms with Gasteiger partial charge in [-0.2, -0.15) is 4.99 Å². The van der Waals surface area contributed by atoms with Crippen LogP contribution in [-0.2, 0) is 0 Å². The third kappa shape index (κ3) is 3.81. The van der Waals surface area contributed by atoms with Crippen molar-refractivity contribution < 1.29 is 0 Å². The molecule has 0 unspecified atom stereocenters. The van der Waals surface area contributed by atoms with Crippen molar-refractivity contribution in [2.24, 2.45) is 9.98 Å². The quantitative estimate of drug-likeness (QED) is 0.538. The van der Waals surface area contributed by atoms with E-state index in [2.05, 4.69) is 79.4 Å². The number of para-hydroxylation sites is 1. The van der Waals surface area contributed by atoms with Crippen LogP contribution in [0.5, 0.6) is 0 Å². The zero-order valence-electron chi connectivity index (χ0n) is 13.4. The van der Waals surface area contributed by atoms with Crippen molar-refractivity contribution in [1.82, 2.24) is 4.57 Å². The SMILES string of the molecule is Brc1ccc(-c2cs/c(=N\C3=NCCCS3)n2-c2ccccc2)cc1. The lowest BCUT2D eigenvalue weighted by Gasteiger charge is -2.10. The maximum atomic E-state index is 4.84. The molecule has 2 aromatic carbocycles. The van der Waals surface area contributed by atoms with Gasteiger partial charge in [0.1, 0.15) is 0 Å². The fraction of sp³-hybridized carbons (Fsp3) is 0.158. The second-order valence-electron chi connectivity index (χ2n) is 5.56. The highest BCUT2D eigenvalue weighted by Crippen LogP contribution is 2.25. The van der Waals surface area contributed by atoms with Gasteiger partial charge in [0.25, 0.3) is 0 Å². The molecule has 25 heavy (non-hydrogen) atoms. The van der Waals surface area contributed by atoms with Gasteiger partial charge in [0.05, 0.1) is 5.69 Å². The molecule has 2 heterocycles. The van der Waals surface area contributed by atoms with Gasteiger partial charge < -0.3 is 0 Å². The maximum absolute atomic E-state index is 4.84. The Morgan fingerprint density at radius 3 is 2.56 bits per heavy atom. The molecule has 0 amide bonds. The third-order valence-corrected chi connectivity index (χ3v) is 6.16. The van der Waals surface area contributed by atoms with Crippen LogP contribution >= 0.6 is 39.0 Å². The predicted octanol–water partition coefficient (Wildman–Crippen LogP) is 5.36. The fourth-order valence-corrected chi connectivity index (χ4v) is 4.65. The number of amidine groups is 1. The standard InChI is InChI=1S/C19H16BrN3S2/c20-15-9-7-14(8-10-15)17-13-25-19(22-18-21-11-4-12-24-18)23(17)16-5-2-1-3-6-16/h1-3,5-10,13H,4,11-12H2/b22-19-. The van der Waals surface area contributed by atoms with E-state index in [9.17, 15) is 0 Å². The van der Waals surface area contributed by atoms with Gasteiger partial charge in [-0.05, 0) is 36.2 Å². The molecule has 1 aliphatic heterocycles. The second-order valence-corrected chi connectivity index (χ2v) is 8.37. The van der Waals surface area contributed by atoms with Crippen LogP contribution in [0.4, 0.5) is 0 Å². The number of nitrogens with zero attached hydrogens (tertiary/aromatic N) is 3. The number of thioether (sulfide) groups is 1. The van der Waals surface area contributed by atoms with E-state index in [1.807, 2.05) is 6.07 Å². The average Bonchev–Trinajstić information content (AvgIpc) is 3.07. The summed E-state index contributed by atoms with van der Waals surface area (Å²) in [5.41, 5.74) is 3.42. The Hall–Kier alpha value is -1.63. The number of hydrogen-bond acceptors (Lipinski definition) is 4. The van der Waals surface area contributed by atoms with E-state index in [1.54, 1.807) is 23.1 Å². The molecule has 6 heteroatoms. The van der Waals surface area contributed by atoms with Gasteiger partial charge in [-0.1, -0.05) is 58.0 Å². The van der Waals surface area contributed by atoms with E-state index < -0.39 is 0 Å². The molecule has 1 aromatic heterocycles.